The molecule has 0 bridgehead atoms. The first kappa shape index (κ1) is 19.7. The van der Waals surface area contributed by atoms with Gasteiger partial charge in [0.25, 0.3) is 11.4 Å². The number of nitro groups is 3. The van der Waals surface area contributed by atoms with E-state index < -0.39 is 37.6 Å². The Hall–Kier alpha value is -3.67. The number of non-ortho nitro benzene ring substituents is 1. The van der Waals surface area contributed by atoms with E-state index in [1.54, 1.807) is 11.3 Å². The van der Waals surface area contributed by atoms with E-state index in [9.17, 15) is 30.3 Å². The first-order valence-corrected chi connectivity index (χ1v) is 8.05. The van der Waals surface area contributed by atoms with Crippen LogP contribution in [0.2, 0.25) is 0 Å². The van der Waals surface area contributed by atoms with E-state index in [-0.39, 0.29) is 0 Å². The van der Waals surface area contributed by atoms with Crippen molar-refractivity contribution < 1.29 is 19.9 Å². The van der Waals surface area contributed by atoms with Crippen LogP contribution < -0.4 is 0 Å². The molecule has 11 nitrogen and oxygen atoms in total. The lowest BCUT2D eigenvalue weighted by Crippen LogP contribution is -1.97. The summed E-state index contributed by atoms with van der Waals surface area (Å²) in [6, 6.07) is 7.25. The standard InChI is InChI=1S/C9H9NS.C6H3N3O7/c1-6-3-4-8-9(5-6)11-7(2)10-8;10-6-4(8(13)14)1-3(7(11)12)2-5(6)9(15)16/h3-5H,1-2H3;1-2,10H. The van der Waals surface area contributed by atoms with Crippen molar-refractivity contribution in [1.29, 1.82) is 0 Å². The average molecular weight is 392 g/mol. The van der Waals surface area contributed by atoms with Crippen LogP contribution in [-0.4, -0.2) is 24.9 Å². The fourth-order valence-electron chi connectivity index (χ4n) is 2.12. The fourth-order valence-corrected chi connectivity index (χ4v) is 3.05. The third-order valence-electron chi connectivity index (χ3n) is 3.31. The molecular weight excluding hydrogens is 380 g/mol. The van der Waals surface area contributed by atoms with Gasteiger partial charge in [0.15, 0.2) is 0 Å². The molecule has 0 aliphatic carbocycles. The second-order valence-corrected chi connectivity index (χ2v) is 6.54. The molecule has 1 aromatic heterocycles. The van der Waals surface area contributed by atoms with E-state index in [1.165, 1.54) is 10.3 Å². The molecule has 3 aromatic rings. The predicted molar refractivity (Wildman–Crippen MR) is 97.2 cm³/mol. The van der Waals surface area contributed by atoms with E-state index in [0.29, 0.717) is 12.1 Å². The molecule has 0 aliphatic heterocycles. The van der Waals surface area contributed by atoms with E-state index >= 15 is 0 Å². The zero-order chi connectivity index (χ0) is 20.3. The summed E-state index contributed by atoms with van der Waals surface area (Å²) in [7, 11) is 0. The van der Waals surface area contributed by atoms with Gasteiger partial charge in [-0.1, -0.05) is 6.07 Å². The van der Waals surface area contributed by atoms with Crippen LogP contribution in [0, 0.1) is 44.2 Å². The van der Waals surface area contributed by atoms with Gasteiger partial charge in [-0.2, -0.15) is 0 Å². The van der Waals surface area contributed by atoms with Crippen molar-refractivity contribution in [1.82, 2.24) is 4.98 Å². The smallest absolute Gasteiger partial charge is 0.324 e. The number of benzene rings is 2. The minimum atomic E-state index is -1.21. The van der Waals surface area contributed by atoms with E-state index in [4.69, 9.17) is 5.11 Å². The summed E-state index contributed by atoms with van der Waals surface area (Å²) in [6.45, 7) is 4.15. The summed E-state index contributed by atoms with van der Waals surface area (Å²) in [5.41, 5.74) is -0.572. The third-order valence-corrected chi connectivity index (χ3v) is 4.24. The molecule has 0 saturated heterocycles. The number of aromatic nitrogens is 1. The van der Waals surface area contributed by atoms with Crippen LogP contribution in [0.1, 0.15) is 10.6 Å². The van der Waals surface area contributed by atoms with Gasteiger partial charge in [0.05, 0.1) is 42.1 Å². The summed E-state index contributed by atoms with van der Waals surface area (Å²) in [4.78, 5) is 32.1. The number of hydrogen-bond acceptors (Lipinski definition) is 9. The fraction of sp³-hybridized carbons (Fsp3) is 0.133. The maximum absolute atomic E-state index is 10.4. The number of rotatable bonds is 3. The highest BCUT2D eigenvalue weighted by Gasteiger charge is 2.30. The Morgan fingerprint density at radius 2 is 1.48 bits per heavy atom. The zero-order valence-electron chi connectivity index (χ0n) is 14.0. The van der Waals surface area contributed by atoms with Crippen molar-refractivity contribution >= 4 is 38.6 Å². The van der Waals surface area contributed by atoms with Crippen LogP contribution in [0.5, 0.6) is 5.75 Å². The molecule has 3 rings (SSSR count). The second-order valence-electron chi connectivity index (χ2n) is 5.31. The molecule has 0 amide bonds. The summed E-state index contributed by atoms with van der Waals surface area (Å²) >= 11 is 1.76. The molecule has 140 valence electrons. The highest BCUT2D eigenvalue weighted by Crippen LogP contribution is 2.38. The van der Waals surface area contributed by atoms with Crippen molar-refractivity contribution in [2.24, 2.45) is 0 Å². The predicted octanol–water partition coefficient (Wildman–Crippen LogP) is 4.03. The second kappa shape index (κ2) is 7.70. The molecule has 0 atom stereocenters. The number of hydrogen-bond donors (Lipinski definition) is 1. The van der Waals surface area contributed by atoms with Gasteiger partial charge in [-0.3, -0.25) is 30.3 Å². The topological polar surface area (TPSA) is 163 Å². The lowest BCUT2D eigenvalue weighted by molar-refractivity contribution is -0.404. The molecule has 2 aromatic carbocycles. The van der Waals surface area contributed by atoms with Crippen LogP contribution in [0.15, 0.2) is 30.3 Å². The van der Waals surface area contributed by atoms with Gasteiger partial charge in [0.2, 0.25) is 0 Å². The highest BCUT2D eigenvalue weighted by molar-refractivity contribution is 7.18. The van der Waals surface area contributed by atoms with Crippen molar-refractivity contribution in [3.63, 3.8) is 0 Å². The first-order valence-electron chi connectivity index (χ1n) is 7.24. The van der Waals surface area contributed by atoms with Gasteiger partial charge in [0, 0.05) is 0 Å². The van der Waals surface area contributed by atoms with Crippen molar-refractivity contribution in [2.45, 2.75) is 13.8 Å². The SMILES string of the molecule is Cc1ccc2nc(C)sc2c1.O=[N+]([O-])c1cc([N+](=O)[O-])c(O)c([N+](=O)[O-])c1. The molecule has 27 heavy (non-hydrogen) atoms. The summed E-state index contributed by atoms with van der Waals surface area (Å²) in [6.07, 6.45) is 0. The average Bonchev–Trinajstić information content (AvgIpc) is 2.94. The highest BCUT2D eigenvalue weighted by atomic mass is 32.1. The molecule has 0 fully saturated rings. The van der Waals surface area contributed by atoms with Gasteiger partial charge in [-0.15, -0.1) is 11.3 Å². The quantitative estimate of drug-likeness (QED) is 0.515. The summed E-state index contributed by atoms with van der Waals surface area (Å²) in [5.74, 6) is -1.21. The number of aromatic hydroxyl groups is 1. The Kier molecular flexibility index (Phi) is 5.60. The molecule has 0 unspecified atom stereocenters. The maximum Gasteiger partial charge on any atom is 0.324 e. The third kappa shape index (κ3) is 4.49. The Balaban J connectivity index is 0.000000206. The number of thiazole rings is 1. The summed E-state index contributed by atoms with van der Waals surface area (Å²) in [5, 5.41) is 41.4. The molecular formula is C15H12N4O7S. The van der Waals surface area contributed by atoms with Crippen LogP contribution >= 0.6 is 11.3 Å². The minimum Gasteiger partial charge on any atom is -0.497 e. The molecule has 0 aliphatic rings. The monoisotopic (exact) mass is 392 g/mol. The van der Waals surface area contributed by atoms with Gasteiger partial charge in [-0.25, -0.2) is 4.98 Å². The maximum atomic E-state index is 10.4. The lowest BCUT2D eigenvalue weighted by Gasteiger charge is -1.97. The van der Waals surface area contributed by atoms with Gasteiger partial charge >= 0.3 is 11.4 Å². The van der Waals surface area contributed by atoms with Crippen molar-refractivity contribution in [3.8, 4) is 5.75 Å². The molecule has 0 spiro atoms. The van der Waals surface area contributed by atoms with Crippen LogP contribution in [0.3, 0.4) is 0 Å². The molecule has 0 saturated carbocycles. The van der Waals surface area contributed by atoms with Crippen LogP contribution in [0.25, 0.3) is 10.2 Å². The Bertz CT molecular complexity index is 1030. The van der Waals surface area contributed by atoms with Gasteiger partial charge < -0.3 is 5.11 Å². The number of nitro benzene ring substituents is 3. The molecule has 1 N–H and O–H groups in total. The lowest BCUT2D eigenvalue weighted by atomic mass is 10.2. The first-order chi connectivity index (χ1) is 12.6. The largest absolute Gasteiger partial charge is 0.497 e. The number of nitrogens with zero attached hydrogens (tertiary/aromatic N) is 4. The van der Waals surface area contributed by atoms with E-state index in [2.05, 4.69) is 30.1 Å². The number of phenolic OH excluding ortho intramolecular Hbond substituents is 1. The van der Waals surface area contributed by atoms with Crippen molar-refractivity contribution in [3.05, 3.63) is 71.2 Å². The minimum absolute atomic E-state index is 0.447. The van der Waals surface area contributed by atoms with Crippen molar-refractivity contribution in [2.75, 3.05) is 0 Å². The Morgan fingerprint density at radius 1 is 0.926 bits per heavy atom. The number of phenols is 1. The number of aryl methyl sites for hydroxylation is 2. The van der Waals surface area contributed by atoms with Gasteiger partial charge in [-0.05, 0) is 31.5 Å². The zero-order valence-corrected chi connectivity index (χ0v) is 14.8. The molecule has 0 radical (unpaired) electrons. The van der Waals surface area contributed by atoms with E-state index in [0.717, 1.165) is 10.5 Å². The Morgan fingerprint density at radius 3 is 1.96 bits per heavy atom. The van der Waals surface area contributed by atoms with Crippen LogP contribution in [-0.2, 0) is 0 Å². The molecule has 12 heteroatoms. The summed E-state index contributed by atoms with van der Waals surface area (Å²) < 4.78 is 1.29. The normalized spacial score (nSPS) is 10.1. The Labute approximate surface area is 155 Å². The molecule has 1 heterocycles. The van der Waals surface area contributed by atoms with E-state index in [1.807, 2.05) is 6.92 Å². The van der Waals surface area contributed by atoms with Gasteiger partial charge in [0.1, 0.15) is 0 Å². The van der Waals surface area contributed by atoms with Crippen LogP contribution in [0.4, 0.5) is 17.1 Å². The number of fused-ring (bicyclic) bond motifs is 1.